The molecule has 0 aromatic carbocycles. The van der Waals surface area contributed by atoms with Gasteiger partial charge in [0.25, 0.3) is 0 Å². The van der Waals surface area contributed by atoms with E-state index in [1.807, 2.05) is 4.90 Å². The third-order valence-corrected chi connectivity index (χ3v) is 4.43. The summed E-state index contributed by atoms with van der Waals surface area (Å²) in [5, 5.41) is 12.0. The first-order valence-electron chi connectivity index (χ1n) is 7.29. The highest BCUT2D eigenvalue weighted by atomic mass is 16.4. The maximum Gasteiger partial charge on any atom is 0.303 e. The smallest absolute Gasteiger partial charge is 0.303 e. The summed E-state index contributed by atoms with van der Waals surface area (Å²) in [6, 6.07) is 0. The summed E-state index contributed by atoms with van der Waals surface area (Å²) in [5.74, 6) is 0.401. The fourth-order valence-corrected chi connectivity index (χ4v) is 3.20. The van der Waals surface area contributed by atoms with Crippen LogP contribution in [0.3, 0.4) is 0 Å². The van der Waals surface area contributed by atoms with Crippen molar-refractivity contribution in [1.29, 1.82) is 0 Å². The maximum absolute atomic E-state index is 12.5. The normalized spacial score (nSPS) is 31.4. The number of aliphatic carboxylic acids is 1. The van der Waals surface area contributed by atoms with Gasteiger partial charge in [0.1, 0.15) is 0 Å². The van der Waals surface area contributed by atoms with E-state index in [-0.39, 0.29) is 18.2 Å². The summed E-state index contributed by atoms with van der Waals surface area (Å²) in [6.07, 6.45) is 2.96. The minimum atomic E-state index is -0.739. The zero-order valence-electron chi connectivity index (χ0n) is 11.6. The molecule has 0 bridgehead atoms. The molecule has 2 N–H and O–H groups in total. The summed E-state index contributed by atoms with van der Waals surface area (Å²) < 4.78 is 0. The molecule has 2 fully saturated rings. The lowest BCUT2D eigenvalue weighted by Gasteiger charge is -2.34. The van der Waals surface area contributed by atoms with Gasteiger partial charge >= 0.3 is 5.97 Å². The van der Waals surface area contributed by atoms with Gasteiger partial charge in [0.2, 0.25) is 5.91 Å². The number of amides is 1. The van der Waals surface area contributed by atoms with Gasteiger partial charge in [-0.15, -0.1) is 0 Å². The van der Waals surface area contributed by atoms with E-state index < -0.39 is 5.97 Å². The summed E-state index contributed by atoms with van der Waals surface area (Å²) in [7, 11) is 0. The second kappa shape index (κ2) is 6.37. The van der Waals surface area contributed by atoms with E-state index in [9.17, 15) is 9.59 Å². The van der Waals surface area contributed by atoms with E-state index in [1.165, 1.54) is 0 Å². The van der Waals surface area contributed by atoms with Crippen LogP contribution in [0.25, 0.3) is 0 Å². The predicted octanol–water partition coefficient (Wildman–Crippen LogP) is 0.945. The minimum Gasteiger partial charge on any atom is -0.481 e. The van der Waals surface area contributed by atoms with Crippen LogP contribution in [0.2, 0.25) is 0 Å². The Morgan fingerprint density at radius 1 is 1.37 bits per heavy atom. The van der Waals surface area contributed by atoms with Crippen molar-refractivity contribution in [3.8, 4) is 0 Å². The van der Waals surface area contributed by atoms with Gasteiger partial charge in [0.05, 0.1) is 5.92 Å². The Bertz CT molecular complexity index is 346. The molecule has 0 aliphatic carbocycles. The fraction of sp³-hybridized carbons (Fsp3) is 0.857. The van der Waals surface area contributed by atoms with Crippen LogP contribution in [0.5, 0.6) is 0 Å². The van der Waals surface area contributed by atoms with Crippen LogP contribution in [0, 0.1) is 17.8 Å². The summed E-state index contributed by atoms with van der Waals surface area (Å²) in [6.45, 7) is 5.42. The molecule has 2 heterocycles. The average molecular weight is 268 g/mol. The minimum absolute atomic E-state index is 0.109. The molecule has 2 aliphatic rings. The zero-order valence-corrected chi connectivity index (χ0v) is 11.6. The Balaban J connectivity index is 1.86. The van der Waals surface area contributed by atoms with Gasteiger partial charge in [-0.2, -0.15) is 0 Å². The number of likely N-dealkylation sites (tertiary alicyclic amines) is 1. The molecule has 19 heavy (non-hydrogen) atoms. The molecule has 0 aromatic rings. The number of piperidine rings is 1. The van der Waals surface area contributed by atoms with Crippen LogP contribution < -0.4 is 5.32 Å². The van der Waals surface area contributed by atoms with Crippen molar-refractivity contribution in [3.63, 3.8) is 0 Å². The van der Waals surface area contributed by atoms with Gasteiger partial charge in [0.15, 0.2) is 0 Å². The van der Waals surface area contributed by atoms with E-state index in [2.05, 4.69) is 12.2 Å². The van der Waals surface area contributed by atoms with Crippen LogP contribution in [0.15, 0.2) is 0 Å². The van der Waals surface area contributed by atoms with Crippen molar-refractivity contribution in [1.82, 2.24) is 10.2 Å². The number of rotatable bonds is 4. The summed E-state index contributed by atoms with van der Waals surface area (Å²) in [5.41, 5.74) is 0. The van der Waals surface area contributed by atoms with Crippen molar-refractivity contribution in [2.75, 3.05) is 26.2 Å². The second-order valence-electron chi connectivity index (χ2n) is 5.97. The molecule has 108 valence electrons. The summed E-state index contributed by atoms with van der Waals surface area (Å²) in [4.78, 5) is 25.0. The number of nitrogens with zero attached hydrogens (tertiary/aromatic N) is 1. The molecule has 0 saturated carbocycles. The lowest BCUT2D eigenvalue weighted by Crippen LogP contribution is -2.44. The molecule has 2 aliphatic heterocycles. The first-order chi connectivity index (χ1) is 9.08. The zero-order chi connectivity index (χ0) is 13.8. The van der Waals surface area contributed by atoms with E-state index in [0.29, 0.717) is 18.3 Å². The van der Waals surface area contributed by atoms with E-state index >= 15 is 0 Å². The lowest BCUT2D eigenvalue weighted by atomic mass is 9.90. The number of hydrogen-bond donors (Lipinski definition) is 2. The first-order valence-corrected chi connectivity index (χ1v) is 7.29. The van der Waals surface area contributed by atoms with Crippen LogP contribution in [-0.4, -0.2) is 48.1 Å². The molecular weight excluding hydrogens is 244 g/mol. The lowest BCUT2D eigenvalue weighted by molar-refractivity contribution is -0.138. The Labute approximate surface area is 114 Å². The quantitative estimate of drug-likeness (QED) is 0.796. The molecule has 3 atom stereocenters. The van der Waals surface area contributed by atoms with E-state index in [0.717, 1.165) is 39.0 Å². The van der Waals surface area contributed by atoms with Crippen molar-refractivity contribution >= 4 is 11.9 Å². The molecule has 0 radical (unpaired) electrons. The Morgan fingerprint density at radius 3 is 2.79 bits per heavy atom. The number of carbonyl (C=O) groups is 2. The van der Waals surface area contributed by atoms with E-state index in [4.69, 9.17) is 5.11 Å². The van der Waals surface area contributed by atoms with Crippen molar-refractivity contribution in [3.05, 3.63) is 0 Å². The number of carboxylic acids is 1. The Morgan fingerprint density at radius 2 is 2.16 bits per heavy atom. The van der Waals surface area contributed by atoms with Crippen molar-refractivity contribution in [2.45, 2.75) is 32.6 Å². The third-order valence-electron chi connectivity index (χ3n) is 4.43. The predicted molar refractivity (Wildman–Crippen MR) is 71.7 cm³/mol. The SMILES string of the molecule is CC1CNCC1C(=O)N1CCCC(CCC(=O)O)C1. The molecule has 3 unspecified atom stereocenters. The number of hydrogen-bond acceptors (Lipinski definition) is 3. The Kier molecular flexibility index (Phi) is 4.80. The fourth-order valence-electron chi connectivity index (χ4n) is 3.20. The third kappa shape index (κ3) is 3.69. The average Bonchev–Trinajstić information content (AvgIpc) is 2.82. The highest BCUT2D eigenvalue weighted by Crippen LogP contribution is 2.25. The Hall–Kier alpha value is -1.10. The van der Waals surface area contributed by atoms with E-state index in [1.54, 1.807) is 0 Å². The van der Waals surface area contributed by atoms with Crippen LogP contribution >= 0.6 is 0 Å². The summed E-state index contributed by atoms with van der Waals surface area (Å²) >= 11 is 0. The molecule has 2 saturated heterocycles. The van der Waals surface area contributed by atoms with Gasteiger partial charge in [-0.25, -0.2) is 0 Å². The molecule has 5 heteroatoms. The van der Waals surface area contributed by atoms with Gasteiger partial charge in [-0.1, -0.05) is 6.92 Å². The number of carbonyl (C=O) groups excluding carboxylic acids is 1. The molecule has 0 spiro atoms. The van der Waals surface area contributed by atoms with Gasteiger partial charge in [0, 0.05) is 26.1 Å². The van der Waals surface area contributed by atoms with Gasteiger partial charge in [-0.3, -0.25) is 9.59 Å². The topological polar surface area (TPSA) is 69.6 Å². The number of carboxylic acid groups (broad SMARTS) is 1. The maximum atomic E-state index is 12.5. The highest BCUT2D eigenvalue weighted by molar-refractivity contribution is 5.79. The second-order valence-corrected chi connectivity index (χ2v) is 5.97. The monoisotopic (exact) mass is 268 g/mol. The molecular formula is C14H24N2O3. The van der Waals surface area contributed by atoms with Crippen LogP contribution in [0.4, 0.5) is 0 Å². The largest absolute Gasteiger partial charge is 0.481 e. The van der Waals surface area contributed by atoms with Gasteiger partial charge in [-0.05, 0) is 37.6 Å². The standard InChI is InChI=1S/C14H24N2O3/c1-10-7-15-8-12(10)14(19)16-6-2-3-11(9-16)4-5-13(17)18/h10-12,15H,2-9H2,1H3,(H,17,18). The van der Waals surface area contributed by atoms with Gasteiger partial charge < -0.3 is 15.3 Å². The van der Waals surface area contributed by atoms with Crippen molar-refractivity contribution in [2.24, 2.45) is 17.8 Å². The number of nitrogens with one attached hydrogen (secondary N) is 1. The molecule has 2 rings (SSSR count). The van der Waals surface area contributed by atoms with Crippen molar-refractivity contribution < 1.29 is 14.7 Å². The van der Waals surface area contributed by atoms with Crippen LogP contribution in [-0.2, 0) is 9.59 Å². The first kappa shape index (κ1) is 14.3. The molecule has 0 aromatic heterocycles. The highest BCUT2D eigenvalue weighted by Gasteiger charge is 2.34. The van der Waals surface area contributed by atoms with Crippen LogP contribution in [0.1, 0.15) is 32.6 Å². The molecule has 5 nitrogen and oxygen atoms in total. The molecule has 1 amide bonds.